The zero-order valence-corrected chi connectivity index (χ0v) is 10.9. The first kappa shape index (κ1) is 12.4. The van der Waals surface area contributed by atoms with E-state index in [2.05, 4.69) is 5.32 Å². The van der Waals surface area contributed by atoms with Gasteiger partial charge in [0.05, 0.1) is 6.61 Å². The van der Waals surface area contributed by atoms with E-state index in [1.54, 1.807) is 6.07 Å². The second-order valence-electron chi connectivity index (χ2n) is 4.74. The fourth-order valence-corrected chi connectivity index (χ4v) is 2.36. The summed E-state index contributed by atoms with van der Waals surface area (Å²) in [6.45, 7) is 4.90. The van der Waals surface area contributed by atoms with Gasteiger partial charge < -0.3 is 19.5 Å². The molecule has 0 amide bonds. The number of carbonyl (C=O) groups is 1. The Kier molecular flexibility index (Phi) is 3.40. The molecule has 102 valence electrons. The van der Waals surface area contributed by atoms with E-state index in [4.69, 9.17) is 14.2 Å². The summed E-state index contributed by atoms with van der Waals surface area (Å²) in [5.74, 6) is 1.36. The average molecular weight is 263 g/mol. The molecular formula is C14H17NO4. The van der Waals surface area contributed by atoms with E-state index in [-0.39, 0.29) is 5.78 Å². The number of nitrogens with one attached hydrogen (secondary N) is 1. The van der Waals surface area contributed by atoms with Gasteiger partial charge in [0.25, 0.3) is 0 Å². The van der Waals surface area contributed by atoms with Crippen LogP contribution in [0.25, 0.3) is 0 Å². The normalized spacial score (nSPS) is 22.1. The van der Waals surface area contributed by atoms with Gasteiger partial charge in [-0.25, -0.2) is 0 Å². The maximum absolute atomic E-state index is 12.4. The van der Waals surface area contributed by atoms with Crippen LogP contribution < -0.4 is 14.8 Å². The van der Waals surface area contributed by atoms with Crippen molar-refractivity contribution < 1.29 is 19.0 Å². The van der Waals surface area contributed by atoms with Gasteiger partial charge >= 0.3 is 0 Å². The van der Waals surface area contributed by atoms with Crippen molar-refractivity contribution in [3.05, 3.63) is 23.3 Å². The van der Waals surface area contributed by atoms with Crippen LogP contribution in [0.3, 0.4) is 0 Å². The number of rotatable bonds is 2. The highest BCUT2D eigenvalue weighted by molar-refractivity contribution is 6.01. The van der Waals surface area contributed by atoms with Crippen molar-refractivity contribution in [2.75, 3.05) is 32.9 Å². The molecule has 0 aliphatic carbocycles. The molecule has 1 fully saturated rings. The largest absolute Gasteiger partial charge is 0.486 e. The lowest BCUT2D eigenvalue weighted by Gasteiger charge is -2.24. The van der Waals surface area contributed by atoms with E-state index < -0.39 is 6.10 Å². The Morgan fingerprint density at radius 3 is 2.63 bits per heavy atom. The molecule has 2 aliphatic heterocycles. The second kappa shape index (κ2) is 5.19. The topological polar surface area (TPSA) is 56.8 Å². The zero-order chi connectivity index (χ0) is 13.2. The van der Waals surface area contributed by atoms with Crippen LogP contribution in [0, 0.1) is 6.92 Å². The molecule has 0 radical (unpaired) electrons. The summed E-state index contributed by atoms with van der Waals surface area (Å²) in [6, 6.07) is 3.63. The Morgan fingerprint density at radius 2 is 1.95 bits per heavy atom. The summed E-state index contributed by atoms with van der Waals surface area (Å²) in [4.78, 5) is 12.4. The predicted octanol–water partition coefficient (Wildman–Crippen LogP) is 0.937. The number of hydrogen-bond acceptors (Lipinski definition) is 5. The molecule has 0 saturated carbocycles. The molecule has 5 nitrogen and oxygen atoms in total. The Morgan fingerprint density at radius 1 is 1.21 bits per heavy atom. The van der Waals surface area contributed by atoms with Gasteiger partial charge in [-0.15, -0.1) is 0 Å². The molecule has 0 spiro atoms. The maximum Gasteiger partial charge on any atom is 0.193 e. The summed E-state index contributed by atoms with van der Waals surface area (Å²) in [5, 5.41) is 3.17. The van der Waals surface area contributed by atoms with E-state index in [0.717, 1.165) is 12.1 Å². The minimum atomic E-state index is -0.407. The van der Waals surface area contributed by atoms with Crippen molar-refractivity contribution >= 4 is 5.78 Å². The standard InChI is InChI=1S/C14H17NO4/c1-9-6-11-12(19-5-4-18-11)7-10(9)14(16)13-8-15-2-3-17-13/h6-7,13,15H,2-5,8H2,1H3. The van der Waals surface area contributed by atoms with Crippen LogP contribution in [0.2, 0.25) is 0 Å². The number of hydrogen-bond donors (Lipinski definition) is 1. The van der Waals surface area contributed by atoms with E-state index >= 15 is 0 Å². The van der Waals surface area contributed by atoms with E-state index in [1.165, 1.54) is 0 Å². The van der Waals surface area contributed by atoms with Crippen LogP contribution in [-0.4, -0.2) is 44.8 Å². The van der Waals surface area contributed by atoms with Crippen molar-refractivity contribution in [2.24, 2.45) is 0 Å². The lowest BCUT2D eigenvalue weighted by Crippen LogP contribution is -2.43. The summed E-state index contributed by atoms with van der Waals surface area (Å²) in [6.07, 6.45) is -0.407. The number of carbonyl (C=O) groups excluding carboxylic acids is 1. The van der Waals surface area contributed by atoms with Gasteiger partial charge in [0.2, 0.25) is 0 Å². The number of Topliss-reactive ketones (excluding diaryl/α,β-unsaturated/α-hetero) is 1. The lowest BCUT2D eigenvalue weighted by atomic mass is 9.99. The molecule has 0 aromatic heterocycles. The minimum absolute atomic E-state index is 0.00155. The highest BCUT2D eigenvalue weighted by atomic mass is 16.6. The first-order valence-electron chi connectivity index (χ1n) is 6.52. The molecule has 2 aliphatic rings. The molecule has 2 heterocycles. The summed E-state index contributed by atoms with van der Waals surface area (Å²) in [7, 11) is 0. The summed E-state index contributed by atoms with van der Waals surface area (Å²) >= 11 is 0. The minimum Gasteiger partial charge on any atom is -0.486 e. The van der Waals surface area contributed by atoms with Crippen LogP contribution in [-0.2, 0) is 4.74 Å². The van der Waals surface area contributed by atoms with Crippen molar-refractivity contribution in [2.45, 2.75) is 13.0 Å². The number of ketones is 1. The van der Waals surface area contributed by atoms with Gasteiger partial charge in [0, 0.05) is 18.7 Å². The monoisotopic (exact) mass is 263 g/mol. The smallest absolute Gasteiger partial charge is 0.193 e. The van der Waals surface area contributed by atoms with Crippen LogP contribution in [0.4, 0.5) is 0 Å². The molecular weight excluding hydrogens is 246 g/mol. The van der Waals surface area contributed by atoms with Crippen LogP contribution >= 0.6 is 0 Å². The first-order chi connectivity index (χ1) is 9.25. The quantitative estimate of drug-likeness (QED) is 0.805. The van der Waals surface area contributed by atoms with Gasteiger partial charge in [-0.1, -0.05) is 0 Å². The summed E-state index contributed by atoms with van der Waals surface area (Å²) < 4.78 is 16.5. The van der Waals surface area contributed by atoms with Gasteiger partial charge in [-0.05, 0) is 24.6 Å². The van der Waals surface area contributed by atoms with Crippen molar-refractivity contribution in [3.8, 4) is 11.5 Å². The Labute approximate surface area is 111 Å². The Bertz CT molecular complexity index is 494. The molecule has 1 N–H and O–H groups in total. The molecule has 3 rings (SSSR count). The molecule has 1 unspecified atom stereocenters. The molecule has 5 heteroatoms. The van der Waals surface area contributed by atoms with Gasteiger partial charge in [0.15, 0.2) is 17.3 Å². The number of benzene rings is 1. The predicted molar refractivity (Wildman–Crippen MR) is 69.1 cm³/mol. The van der Waals surface area contributed by atoms with E-state index in [0.29, 0.717) is 43.4 Å². The third-order valence-corrected chi connectivity index (χ3v) is 3.37. The van der Waals surface area contributed by atoms with Crippen LogP contribution in [0.1, 0.15) is 15.9 Å². The third kappa shape index (κ3) is 2.43. The van der Waals surface area contributed by atoms with Crippen molar-refractivity contribution in [1.82, 2.24) is 5.32 Å². The number of aryl methyl sites for hydroxylation is 1. The molecule has 0 bridgehead atoms. The van der Waals surface area contributed by atoms with Crippen LogP contribution in [0.15, 0.2) is 12.1 Å². The molecule has 1 saturated heterocycles. The number of morpholine rings is 1. The van der Waals surface area contributed by atoms with Crippen LogP contribution in [0.5, 0.6) is 11.5 Å². The molecule has 1 atom stereocenters. The Hall–Kier alpha value is -1.59. The van der Waals surface area contributed by atoms with E-state index in [9.17, 15) is 4.79 Å². The molecule has 1 aromatic carbocycles. The Balaban J connectivity index is 1.89. The summed E-state index contributed by atoms with van der Waals surface area (Å²) in [5.41, 5.74) is 1.54. The fourth-order valence-electron chi connectivity index (χ4n) is 2.36. The highest BCUT2D eigenvalue weighted by Gasteiger charge is 2.26. The van der Waals surface area contributed by atoms with Gasteiger partial charge in [-0.2, -0.15) is 0 Å². The molecule has 1 aromatic rings. The number of ether oxygens (including phenoxy) is 3. The van der Waals surface area contributed by atoms with Crippen molar-refractivity contribution in [3.63, 3.8) is 0 Å². The highest BCUT2D eigenvalue weighted by Crippen LogP contribution is 2.33. The fraction of sp³-hybridized carbons (Fsp3) is 0.500. The SMILES string of the molecule is Cc1cc2c(cc1C(=O)C1CNCCO1)OCCO2. The number of fused-ring (bicyclic) bond motifs is 1. The third-order valence-electron chi connectivity index (χ3n) is 3.37. The lowest BCUT2D eigenvalue weighted by molar-refractivity contribution is 0.0268. The van der Waals surface area contributed by atoms with Crippen molar-refractivity contribution in [1.29, 1.82) is 0 Å². The maximum atomic E-state index is 12.4. The second-order valence-corrected chi connectivity index (χ2v) is 4.74. The average Bonchev–Trinajstić information content (AvgIpc) is 2.47. The van der Waals surface area contributed by atoms with Gasteiger partial charge in [-0.3, -0.25) is 4.79 Å². The van der Waals surface area contributed by atoms with E-state index in [1.807, 2.05) is 13.0 Å². The van der Waals surface area contributed by atoms with Gasteiger partial charge in [0.1, 0.15) is 19.3 Å². The zero-order valence-electron chi connectivity index (χ0n) is 10.9. The first-order valence-corrected chi connectivity index (χ1v) is 6.52. The molecule has 19 heavy (non-hydrogen) atoms.